The number of ether oxygens (including phenoxy) is 1. The van der Waals surface area contributed by atoms with Crippen molar-refractivity contribution in [3.05, 3.63) is 0 Å². The van der Waals surface area contributed by atoms with E-state index in [0.717, 1.165) is 0 Å². The number of aliphatic hydroxyl groups excluding tert-OH is 2. The number of esters is 1. The molecule has 0 aliphatic carbocycles. The van der Waals surface area contributed by atoms with Gasteiger partial charge in [-0.25, -0.2) is 4.79 Å². The molecule has 0 atom stereocenters. The van der Waals surface area contributed by atoms with Gasteiger partial charge in [-0.05, 0) is 13.8 Å². The predicted molar refractivity (Wildman–Crippen MR) is 56.2 cm³/mol. The van der Waals surface area contributed by atoms with Crippen LogP contribution in [0.5, 0.6) is 0 Å². The third-order valence-corrected chi connectivity index (χ3v) is 2.59. The molecule has 0 aromatic carbocycles. The van der Waals surface area contributed by atoms with Gasteiger partial charge in [0, 0.05) is 0 Å². The average molecular weight is 220 g/mol. The van der Waals surface area contributed by atoms with Gasteiger partial charge in [-0.1, -0.05) is 0 Å². The van der Waals surface area contributed by atoms with Crippen molar-refractivity contribution in [2.75, 3.05) is 46.0 Å². The first-order valence-corrected chi connectivity index (χ1v) is 5.36. The van der Waals surface area contributed by atoms with Gasteiger partial charge < -0.3 is 19.4 Å². The Morgan fingerprint density at radius 1 is 1.20 bits per heavy atom. The summed E-state index contributed by atoms with van der Waals surface area (Å²) in [6, 6.07) is 0. The van der Waals surface area contributed by atoms with Crippen molar-refractivity contribution in [3.8, 4) is 0 Å². The lowest BCUT2D eigenvalue weighted by molar-refractivity contribution is -0.920. The molecule has 2 N–H and O–H groups in total. The third-order valence-electron chi connectivity index (χ3n) is 2.59. The fourth-order valence-corrected chi connectivity index (χ4v) is 1.60. The summed E-state index contributed by atoms with van der Waals surface area (Å²) in [5, 5.41) is 17.9. The van der Waals surface area contributed by atoms with Crippen molar-refractivity contribution >= 4 is 5.97 Å². The fraction of sp³-hybridized carbons (Fsp3) is 0.900. The van der Waals surface area contributed by atoms with Gasteiger partial charge in [0.1, 0.15) is 13.1 Å². The Morgan fingerprint density at radius 2 is 1.73 bits per heavy atom. The molecule has 0 saturated carbocycles. The van der Waals surface area contributed by atoms with Gasteiger partial charge >= 0.3 is 5.97 Å². The summed E-state index contributed by atoms with van der Waals surface area (Å²) in [5.74, 6) is -0.277. The summed E-state index contributed by atoms with van der Waals surface area (Å²) >= 11 is 0. The van der Waals surface area contributed by atoms with Gasteiger partial charge in [-0.15, -0.1) is 0 Å². The summed E-state index contributed by atoms with van der Waals surface area (Å²) in [4.78, 5) is 11.4. The van der Waals surface area contributed by atoms with E-state index < -0.39 is 0 Å². The van der Waals surface area contributed by atoms with Gasteiger partial charge in [0.2, 0.25) is 0 Å². The summed E-state index contributed by atoms with van der Waals surface area (Å²) in [6.45, 7) is 5.92. The van der Waals surface area contributed by atoms with Gasteiger partial charge in [-0.2, -0.15) is 0 Å². The molecule has 0 bridgehead atoms. The van der Waals surface area contributed by atoms with E-state index in [-0.39, 0.29) is 25.7 Å². The van der Waals surface area contributed by atoms with Crippen molar-refractivity contribution in [1.82, 2.24) is 0 Å². The molecular formula is C10H22NO4+. The Balaban J connectivity index is 4.38. The minimum absolute atomic E-state index is 0.00719. The first kappa shape index (κ1) is 14.3. The minimum atomic E-state index is -0.277. The molecule has 5 heteroatoms. The number of nitrogens with zero attached hydrogens (tertiary/aromatic N) is 1. The van der Waals surface area contributed by atoms with Gasteiger partial charge in [0.25, 0.3) is 0 Å². The molecule has 0 saturated heterocycles. The topological polar surface area (TPSA) is 66.8 Å². The SMILES string of the molecule is CCOC(=O)C[N+](CC)(CCO)CCO. The maximum Gasteiger partial charge on any atom is 0.361 e. The Labute approximate surface area is 90.9 Å². The number of rotatable bonds is 8. The van der Waals surface area contributed by atoms with Crippen LogP contribution < -0.4 is 0 Å². The van der Waals surface area contributed by atoms with E-state index >= 15 is 0 Å². The summed E-state index contributed by atoms with van der Waals surface area (Å²) in [6.07, 6.45) is 0. The molecule has 5 nitrogen and oxygen atoms in total. The quantitative estimate of drug-likeness (QED) is 0.422. The number of aliphatic hydroxyl groups is 2. The summed E-state index contributed by atoms with van der Waals surface area (Å²) in [7, 11) is 0. The maximum atomic E-state index is 11.4. The van der Waals surface area contributed by atoms with Crippen LogP contribution in [0.25, 0.3) is 0 Å². The lowest BCUT2D eigenvalue weighted by atomic mass is 10.3. The molecule has 0 heterocycles. The van der Waals surface area contributed by atoms with E-state index in [2.05, 4.69) is 0 Å². The van der Waals surface area contributed by atoms with E-state index in [0.29, 0.717) is 30.7 Å². The number of hydrogen-bond acceptors (Lipinski definition) is 4. The van der Waals surface area contributed by atoms with Crippen molar-refractivity contribution < 1.29 is 24.2 Å². The van der Waals surface area contributed by atoms with Crippen molar-refractivity contribution in [2.45, 2.75) is 13.8 Å². The first-order chi connectivity index (χ1) is 7.14. The minimum Gasteiger partial charge on any atom is -0.462 e. The largest absolute Gasteiger partial charge is 0.462 e. The van der Waals surface area contributed by atoms with Crippen LogP contribution in [0.2, 0.25) is 0 Å². The smallest absolute Gasteiger partial charge is 0.361 e. The number of likely N-dealkylation sites (N-methyl/N-ethyl adjacent to an activating group) is 1. The van der Waals surface area contributed by atoms with Crippen LogP contribution in [0.1, 0.15) is 13.8 Å². The van der Waals surface area contributed by atoms with E-state index in [1.807, 2.05) is 6.92 Å². The lowest BCUT2D eigenvalue weighted by Crippen LogP contribution is -2.54. The van der Waals surface area contributed by atoms with Gasteiger partial charge in [0.15, 0.2) is 6.54 Å². The van der Waals surface area contributed by atoms with Crippen LogP contribution in [0.4, 0.5) is 0 Å². The molecule has 0 unspecified atom stereocenters. The molecule has 0 amide bonds. The molecule has 0 aromatic rings. The Bertz CT molecular complexity index is 178. The summed E-state index contributed by atoms with van der Waals surface area (Å²) in [5.41, 5.74) is 0. The second-order valence-electron chi connectivity index (χ2n) is 3.52. The Morgan fingerprint density at radius 3 is 2.07 bits per heavy atom. The molecule has 90 valence electrons. The number of carbonyl (C=O) groups excluding carboxylic acids is 1. The van der Waals surface area contributed by atoms with Crippen LogP contribution in [-0.2, 0) is 9.53 Å². The van der Waals surface area contributed by atoms with Crippen LogP contribution in [0, 0.1) is 0 Å². The summed E-state index contributed by atoms with van der Waals surface area (Å²) < 4.78 is 5.25. The van der Waals surface area contributed by atoms with Gasteiger partial charge in [-0.3, -0.25) is 0 Å². The Kier molecular flexibility index (Phi) is 7.29. The number of quaternary nitrogens is 1. The van der Waals surface area contributed by atoms with Crippen LogP contribution in [-0.4, -0.2) is 66.7 Å². The second kappa shape index (κ2) is 7.62. The second-order valence-corrected chi connectivity index (χ2v) is 3.52. The molecule has 0 spiro atoms. The van der Waals surface area contributed by atoms with E-state index in [1.54, 1.807) is 6.92 Å². The number of carbonyl (C=O) groups is 1. The molecule has 0 fully saturated rings. The highest BCUT2D eigenvalue weighted by Gasteiger charge is 2.28. The molecule has 0 aliphatic rings. The van der Waals surface area contributed by atoms with Crippen LogP contribution in [0.15, 0.2) is 0 Å². The standard InChI is InChI=1S/C10H22NO4/c1-3-11(5-7-12,6-8-13)9-10(14)15-4-2/h12-13H,3-9H2,1-2H3/q+1. The highest BCUT2D eigenvalue weighted by molar-refractivity contribution is 5.70. The molecule has 0 radical (unpaired) electrons. The predicted octanol–water partition coefficient (Wildman–Crippen LogP) is -0.629. The zero-order chi connectivity index (χ0) is 11.7. The van der Waals surface area contributed by atoms with Crippen molar-refractivity contribution in [3.63, 3.8) is 0 Å². The monoisotopic (exact) mass is 220 g/mol. The van der Waals surface area contributed by atoms with Gasteiger partial charge in [0.05, 0.1) is 26.4 Å². The third kappa shape index (κ3) is 5.11. The van der Waals surface area contributed by atoms with Crippen molar-refractivity contribution in [1.29, 1.82) is 0 Å². The van der Waals surface area contributed by atoms with Crippen LogP contribution >= 0.6 is 0 Å². The molecule has 0 rings (SSSR count). The fourth-order valence-electron chi connectivity index (χ4n) is 1.60. The van der Waals surface area contributed by atoms with Crippen molar-refractivity contribution in [2.24, 2.45) is 0 Å². The average Bonchev–Trinajstić information content (AvgIpc) is 2.18. The zero-order valence-corrected chi connectivity index (χ0v) is 9.61. The maximum absolute atomic E-state index is 11.4. The van der Waals surface area contributed by atoms with E-state index in [9.17, 15) is 4.79 Å². The van der Waals surface area contributed by atoms with E-state index in [4.69, 9.17) is 14.9 Å². The zero-order valence-electron chi connectivity index (χ0n) is 9.61. The van der Waals surface area contributed by atoms with E-state index in [1.165, 1.54) is 0 Å². The number of hydrogen-bond donors (Lipinski definition) is 2. The van der Waals surface area contributed by atoms with Crippen LogP contribution in [0.3, 0.4) is 0 Å². The molecule has 0 aromatic heterocycles. The molecule has 0 aliphatic heterocycles. The molecular weight excluding hydrogens is 198 g/mol. The molecule has 15 heavy (non-hydrogen) atoms. The highest BCUT2D eigenvalue weighted by Crippen LogP contribution is 2.06. The first-order valence-electron chi connectivity index (χ1n) is 5.36. The normalized spacial score (nSPS) is 11.5. The highest BCUT2D eigenvalue weighted by atomic mass is 16.5. The Hall–Kier alpha value is -0.650. The lowest BCUT2D eigenvalue weighted by Gasteiger charge is -2.35.